The van der Waals surface area contributed by atoms with Gasteiger partial charge >= 0.3 is 11.9 Å². The van der Waals surface area contributed by atoms with Crippen molar-refractivity contribution in [2.45, 2.75) is 19.8 Å². The lowest BCUT2D eigenvalue weighted by Gasteiger charge is -2.05. The molecule has 0 amide bonds. The molecule has 0 spiro atoms. The van der Waals surface area contributed by atoms with Gasteiger partial charge in [-0.25, -0.2) is 4.98 Å². The molecule has 4 aromatic rings. The molecule has 0 N–H and O–H groups in total. The molecule has 2 aromatic carbocycles. The van der Waals surface area contributed by atoms with Crippen molar-refractivity contribution in [2.24, 2.45) is 0 Å². The van der Waals surface area contributed by atoms with E-state index in [2.05, 4.69) is 16.5 Å². The zero-order valence-electron chi connectivity index (χ0n) is 15.3. The van der Waals surface area contributed by atoms with Crippen LogP contribution in [0.4, 0.5) is 0 Å². The summed E-state index contributed by atoms with van der Waals surface area (Å²) in [5.74, 6) is -0.451. The first-order valence-corrected chi connectivity index (χ1v) is 9.79. The largest absolute Gasteiger partial charge is 0.466 e. The van der Waals surface area contributed by atoms with E-state index in [0.29, 0.717) is 12.4 Å². The van der Waals surface area contributed by atoms with Crippen molar-refractivity contribution in [2.75, 3.05) is 6.61 Å². The predicted octanol–water partition coefficient (Wildman–Crippen LogP) is 4.46. The highest BCUT2D eigenvalue weighted by Crippen LogP contribution is 2.30. The Morgan fingerprint density at radius 2 is 1.89 bits per heavy atom. The summed E-state index contributed by atoms with van der Waals surface area (Å²) < 4.78 is 13.4. The van der Waals surface area contributed by atoms with E-state index in [0.717, 1.165) is 21.7 Å². The van der Waals surface area contributed by atoms with Gasteiger partial charge in [0.2, 0.25) is 0 Å². The molecule has 0 aliphatic heterocycles. The number of imidazole rings is 1. The molecular weight excluding hydrogens is 376 g/mol. The van der Waals surface area contributed by atoms with Crippen LogP contribution in [0.3, 0.4) is 0 Å². The Morgan fingerprint density at radius 3 is 2.75 bits per heavy atom. The maximum atomic E-state index is 12.0. The number of hydrogen-bond acceptors (Lipinski definition) is 6. The maximum Gasteiger partial charge on any atom is 0.311 e. The molecule has 142 valence electrons. The summed E-state index contributed by atoms with van der Waals surface area (Å²) >= 11 is 1.63. The van der Waals surface area contributed by atoms with E-state index >= 15 is 0 Å². The van der Waals surface area contributed by atoms with E-state index in [1.54, 1.807) is 30.4 Å². The standard InChI is InChI=1S/C21H18N2O4S/c1-2-26-19(24)10-11-20(25)27-15-7-5-6-14(12-15)16-13-23-17-8-3-4-9-18(17)28-21(23)22-16/h3-9,12-13H,2,10-11H2,1H3. The van der Waals surface area contributed by atoms with Crippen LogP contribution in [0.25, 0.3) is 26.4 Å². The van der Waals surface area contributed by atoms with Crippen LogP contribution in [-0.2, 0) is 14.3 Å². The number of esters is 2. The van der Waals surface area contributed by atoms with Crippen LogP contribution in [0.2, 0.25) is 0 Å². The van der Waals surface area contributed by atoms with Gasteiger partial charge in [0.1, 0.15) is 5.75 Å². The molecule has 2 heterocycles. The molecule has 28 heavy (non-hydrogen) atoms. The summed E-state index contributed by atoms with van der Waals surface area (Å²) in [6, 6.07) is 15.4. The molecule has 0 bridgehead atoms. The Bertz CT molecular complexity index is 1160. The van der Waals surface area contributed by atoms with E-state index < -0.39 is 11.9 Å². The molecule has 0 saturated heterocycles. The number of thiazole rings is 1. The Hall–Kier alpha value is -3.19. The Kier molecular flexibility index (Phi) is 5.08. The normalized spacial score (nSPS) is 11.0. The lowest BCUT2D eigenvalue weighted by Crippen LogP contribution is -2.12. The zero-order chi connectivity index (χ0) is 19.5. The molecule has 7 heteroatoms. The van der Waals surface area contributed by atoms with Crippen molar-refractivity contribution in [3.05, 3.63) is 54.7 Å². The highest BCUT2D eigenvalue weighted by molar-refractivity contribution is 7.23. The fourth-order valence-electron chi connectivity index (χ4n) is 2.93. The smallest absolute Gasteiger partial charge is 0.311 e. The SMILES string of the molecule is CCOC(=O)CCC(=O)Oc1cccc(-c2cn3c(n2)sc2ccccc23)c1. The van der Waals surface area contributed by atoms with Gasteiger partial charge in [-0.1, -0.05) is 35.6 Å². The highest BCUT2D eigenvalue weighted by Gasteiger charge is 2.13. The summed E-state index contributed by atoms with van der Waals surface area (Å²) in [6.45, 7) is 2.03. The second kappa shape index (κ2) is 7.82. The quantitative estimate of drug-likeness (QED) is 0.357. The number of para-hydroxylation sites is 1. The van der Waals surface area contributed by atoms with Crippen LogP contribution >= 0.6 is 11.3 Å². The van der Waals surface area contributed by atoms with Gasteiger partial charge in [-0.05, 0) is 31.2 Å². The van der Waals surface area contributed by atoms with E-state index in [9.17, 15) is 9.59 Å². The monoisotopic (exact) mass is 394 g/mol. The third kappa shape index (κ3) is 3.75. The fourth-order valence-corrected chi connectivity index (χ4v) is 3.93. The lowest BCUT2D eigenvalue weighted by atomic mass is 10.1. The maximum absolute atomic E-state index is 12.0. The van der Waals surface area contributed by atoms with Gasteiger partial charge in [0, 0.05) is 11.8 Å². The van der Waals surface area contributed by atoms with Gasteiger partial charge in [-0.2, -0.15) is 0 Å². The van der Waals surface area contributed by atoms with Crippen molar-refractivity contribution in [3.63, 3.8) is 0 Å². The third-order valence-electron chi connectivity index (χ3n) is 4.20. The van der Waals surface area contributed by atoms with Gasteiger partial charge < -0.3 is 9.47 Å². The number of aromatic nitrogens is 2. The van der Waals surface area contributed by atoms with Gasteiger partial charge in [0.25, 0.3) is 0 Å². The lowest BCUT2D eigenvalue weighted by molar-refractivity contribution is -0.146. The van der Waals surface area contributed by atoms with Crippen molar-refractivity contribution in [1.29, 1.82) is 0 Å². The van der Waals surface area contributed by atoms with Gasteiger partial charge in [-0.15, -0.1) is 0 Å². The molecule has 0 atom stereocenters. The molecule has 0 unspecified atom stereocenters. The minimum absolute atomic E-state index is 0.0107. The second-order valence-electron chi connectivity index (χ2n) is 6.16. The summed E-state index contributed by atoms with van der Waals surface area (Å²) in [7, 11) is 0. The number of benzene rings is 2. The molecule has 0 fully saturated rings. The first kappa shape index (κ1) is 18.2. The third-order valence-corrected chi connectivity index (χ3v) is 5.24. The molecular formula is C21H18N2O4S. The predicted molar refractivity (Wildman–Crippen MR) is 108 cm³/mol. The van der Waals surface area contributed by atoms with Crippen LogP contribution in [-0.4, -0.2) is 27.9 Å². The number of carbonyl (C=O) groups is 2. The van der Waals surface area contributed by atoms with Gasteiger partial charge in [-0.3, -0.25) is 14.0 Å². The van der Waals surface area contributed by atoms with Crippen LogP contribution in [0.5, 0.6) is 5.75 Å². The average Bonchev–Trinajstić information content (AvgIpc) is 3.25. The Morgan fingerprint density at radius 1 is 1.07 bits per heavy atom. The van der Waals surface area contributed by atoms with Gasteiger partial charge in [0.05, 0.1) is 35.4 Å². The molecule has 4 rings (SSSR count). The van der Waals surface area contributed by atoms with Crippen molar-refractivity contribution < 1.29 is 19.1 Å². The van der Waals surface area contributed by atoms with Crippen molar-refractivity contribution in [3.8, 4) is 17.0 Å². The zero-order valence-corrected chi connectivity index (χ0v) is 16.1. The van der Waals surface area contributed by atoms with Crippen LogP contribution < -0.4 is 4.74 Å². The van der Waals surface area contributed by atoms with Crippen LogP contribution in [0.15, 0.2) is 54.7 Å². The number of fused-ring (bicyclic) bond motifs is 3. The highest BCUT2D eigenvalue weighted by atomic mass is 32.1. The minimum atomic E-state index is -0.470. The van der Waals surface area contributed by atoms with E-state index in [-0.39, 0.29) is 12.8 Å². The molecule has 0 radical (unpaired) electrons. The molecule has 0 aliphatic carbocycles. The van der Waals surface area contributed by atoms with Crippen LogP contribution in [0, 0.1) is 0 Å². The first-order chi connectivity index (χ1) is 13.6. The number of ether oxygens (including phenoxy) is 2. The average molecular weight is 394 g/mol. The number of carbonyl (C=O) groups excluding carboxylic acids is 2. The topological polar surface area (TPSA) is 69.9 Å². The Balaban J connectivity index is 1.51. The Labute approximate surface area is 165 Å². The van der Waals surface area contributed by atoms with Crippen LogP contribution in [0.1, 0.15) is 19.8 Å². The summed E-state index contributed by atoms with van der Waals surface area (Å²) in [6.07, 6.45) is 1.97. The summed E-state index contributed by atoms with van der Waals surface area (Å²) in [5.41, 5.74) is 2.78. The molecule has 0 saturated carbocycles. The molecule has 0 aliphatic rings. The van der Waals surface area contributed by atoms with E-state index in [4.69, 9.17) is 14.5 Å². The summed E-state index contributed by atoms with van der Waals surface area (Å²) in [5, 5.41) is 0. The minimum Gasteiger partial charge on any atom is -0.466 e. The van der Waals surface area contributed by atoms with E-state index in [1.807, 2.05) is 30.5 Å². The number of nitrogens with zero attached hydrogens (tertiary/aromatic N) is 2. The van der Waals surface area contributed by atoms with Crippen molar-refractivity contribution in [1.82, 2.24) is 9.38 Å². The number of rotatable bonds is 6. The van der Waals surface area contributed by atoms with E-state index in [1.165, 1.54) is 4.70 Å². The number of hydrogen-bond donors (Lipinski definition) is 0. The molecule has 2 aromatic heterocycles. The fraction of sp³-hybridized carbons (Fsp3) is 0.190. The second-order valence-corrected chi connectivity index (χ2v) is 7.16. The van der Waals surface area contributed by atoms with Crippen molar-refractivity contribution >= 4 is 38.5 Å². The molecule has 6 nitrogen and oxygen atoms in total. The first-order valence-electron chi connectivity index (χ1n) is 8.97. The summed E-state index contributed by atoms with van der Waals surface area (Å²) in [4.78, 5) is 28.9. The van der Waals surface area contributed by atoms with Gasteiger partial charge in [0.15, 0.2) is 4.96 Å².